The van der Waals surface area contributed by atoms with Crippen LogP contribution in [0.1, 0.15) is 14.6 Å². The number of benzene rings is 1. The predicted octanol–water partition coefficient (Wildman–Crippen LogP) is -7.27. The summed E-state index contributed by atoms with van der Waals surface area (Å²) in [6.07, 6.45) is 0. The third-order valence-electron chi connectivity index (χ3n) is 1.02. The minimum Gasteiger partial charge on any atom is -1.00 e. The summed E-state index contributed by atoms with van der Waals surface area (Å²) < 4.78 is 0. The van der Waals surface area contributed by atoms with Crippen LogP contribution in [0, 0.1) is 0 Å². The van der Waals surface area contributed by atoms with Gasteiger partial charge in [-0.1, -0.05) is 18.2 Å². The first-order valence-electron chi connectivity index (χ1n) is 2.59. The van der Waals surface area contributed by atoms with Crippen molar-refractivity contribution in [2.75, 3.05) is 0 Å². The molecule has 0 radical (unpaired) electrons. The normalized spacial score (nSPS) is 6.67. The topological polar surface area (TPSA) is 37.3 Å². The number of aromatic carboxylic acids is 1. The third kappa shape index (κ3) is 7.13. The van der Waals surface area contributed by atoms with Crippen LogP contribution in [-0.4, -0.2) is 11.1 Å². The minimum atomic E-state index is -0.879. The van der Waals surface area contributed by atoms with Crippen LogP contribution >= 0.6 is 0 Å². The van der Waals surface area contributed by atoms with Gasteiger partial charge in [0.2, 0.25) is 0 Å². The molecule has 0 saturated carbocycles. The molecule has 0 bridgehead atoms. The van der Waals surface area contributed by atoms with Crippen LogP contribution in [0.2, 0.25) is 0 Å². The monoisotopic (exact) mass is 194 g/mol. The summed E-state index contributed by atoms with van der Waals surface area (Å²) in [7, 11) is 0. The van der Waals surface area contributed by atoms with Crippen molar-refractivity contribution in [2.45, 2.75) is 0 Å². The van der Waals surface area contributed by atoms with Gasteiger partial charge in [0.15, 0.2) is 0 Å². The van der Waals surface area contributed by atoms with E-state index in [4.69, 9.17) is 5.11 Å². The number of rotatable bonds is 1. The summed E-state index contributed by atoms with van der Waals surface area (Å²) in [6, 6.07) is 8.30. The fourth-order valence-corrected chi connectivity index (χ4v) is 0.581. The molecule has 0 aromatic heterocycles. The molecular formula is C7H9Na3O2. The maximum atomic E-state index is 10.2. The molecule has 2 nitrogen and oxygen atoms in total. The zero-order valence-corrected chi connectivity index (χ0v) is 13.7. The van der Waals surface area contributed by atoms with Crippen LogP contribution in [0.15, 0.2) is 30.3 Å². The van der Waals surface area contributed by atoms with E-state index in [1.165, 1.54) is 0 Å². The first kappa shape index (κ1) is 19.3. The zero-order valence-electron chi connectivity index (χ0n) is 10.7. The predicted molar refractivity (Wildman–Crippen MR) is 36.7 cm³/mol. The van der Waals surface area contributed by atoms with Crippen LogP contribution < -0.4 is 88.7 Å². The van der Waals surface area contributed by atoms with Crippen LogP contribution in [0.3, 0.4) is 0 Å². The van der Waals surface area contributed by atoms with Gasteiger partial charge in [-0.15, -0.1) is 0 Å². The second-order valence-electron chi connectivity index (χ2n) is 1.67. The Morgan fingerprint density at radius 3 is 1.75 bits per heavy atom. The molecule has 0 amide bonds. The van der Waals surface area contributed by atoms with Crippen LogP contribution in [0.4, 0.5) is 0 Å². The molecule has 0 heterocycles. The van der Waals surface area contributed by atoms with Gasteiger partial charge >= 0.3 is 94.6 Å². The average Bonchev–Trinajstić information content (AvgIpc) is 1.90. The van der Waals surface area contributed by atoms with Crippen molar-refractivity contribution in [3.63, 3.8) is 0 Å². The summed E-state index contributed by atoms with van der Waals surface area (Å²) in [5, 5.41) is 8.38. The average molecular weight is 194 g/mol. The van der Waals surface area contributed by atoms with Gasteiger partial charge in [-0.2, -0.15) is 0 Å². The standard InChI is InChI=1S/C7H6O2.3Na.3H/c8-7(9)6-4-2-1-3-5-6;;;;;;/h1-5H,(H,8,9);;;;;;/q;3*+1;3*-1. The SMILES string of the molecule is O=C(O)c1ccccc1.[H-].[H-].[H-].[Na+].[Na+].[Na+]. The van der Waals surface area contributed by atoms with Gasteiger partial charge in [-0.25, -0.2) is 4.79 Å². The van der Waals surface area contributed by atoms with E-state index in [0.29, 0.717) is 5.56 Å². The molecule has 12 heavy (non-hydrogen) atoms. The van der Waals surface area contributed by atoms with Crippen LogP contribution in [0.25, 0.3) is 0 Å². The first-order chi connectivity index (χ1) is 4.30. The van der Waals surface area contributed by atoms with Crippen molar-refractivity contribution in [3.8, 4) is 0 Å². The molecule has 0 atom stereocenters. The molecule has 0 aliphatic heterocycles. The molecule has 1 aromatic rings. The van der Waals surface area contributed by atoms with E-state index in [0.717, 1.165) is 0 Å². The van der Waals surface area contributed by atoms with Crippen LogP contribution in [0.5, 0.6) is 0 Å². The Bertz CT molecular complexity index is 224. The Morgan fingerprint density at radius 1 is 1.08 bits per heavy atom. The van der Waals surface area contributed by atoms with E-state index in [2.05, 4.69) is 0 Å². The molecule has 0 aliphatic rings. The van der Waals surface area contributed by atoms with Crippen molar-refractivity contribution in [3.05, 3.63) is 35.9 Å². The van der Waals surface area contributed by atoms with E-state index in [-0.39, 0.29) is 93.0 Å². The zero-order chi connectivity index (χ0) is 6.69. The molecule has 0 aliphatic carbocycles. The summed E-state index contributed by atoms with van der Waals surface area (Å²) in [5.74, 6) is -0.879. The van der Waals surface area contributed by atoms with Gasteiger partial charge in [-0.05, 0) is 12.1 Å². The molecular weight excluding hydrogens is 185 g/mol. The van der Waals surface area contributed by atoms with E-state index >= 15 is 0 Å². The number of hydrogen-bond donors (Lipinski definition) is 1. The quantitative estimate of drug-likeness (QED) is 0.451. The molecule has 0 spiro atoms. The van der Waals surface area contributed by atoms with Crippen molar-refractivity contribution < 1.29 is 103 Å². The van der Waals surface area contributed by atoms with Gasteiger partial charge in [0, 0.05) is 0 Å². The number of hydrogen-bond acceptors (Lipinski definition) is 1. The summed E-state index contributed by atoms with van der Waals surface area (Å²) >= 11 is 0. The maximum absolute atomic E-state index is 10.2. The molecule has 5 heteroatoms. The Balaban J connectivity index is -0.0000000337. The first-order valence-corrected chi connectivity index (χ1v) is 2.59. The largest absolute Gasteiger partial charge is 1.00 e. The Morgan fingerprint density at radius 2 is 1.50 bits per heavy atom. The molecule has 52 valence electrons. The van der Waals surface area contributed by atoms with Crippen molar-refractivity contribution in [2.24, 2.45) is 0 Å². The molecule has 0 saturated heterocycles. The van der Waals surface area contributed by atoms with Crippen molar-refractivity contribution >= 4 is 5.97 Å². The Hall–Kier alpha value is 1.69. The molecule has 0 unspecified atom stereocenters. The summed E-state index contributed by atoms with van der Waals surface area (Å²) in [5.41, 5.74) is 0.331. The molecule has 1 rings (SSSR count). The number of carboxylic acid groups (broad SMARTS) is 1. The second kappa shape index (κ2) is 10.8. The second-order valence-corrected chi connectivity index (χ2v) is 1.67. The smallest absolute Gasteiger partial charge is 1.00 e. The third-order valence-corrected chi connectivity index (χ3v) is 1.02. The Kier molecular flexibility index (Phi) is 17.3. The molecule has 1 aromatic carbocycles. The minimum absolute atomic E-state index is 0. The van der Waals surface area contributed by atoms with Crippen molar-refractivity contribution in [1.29, 1.82) is 0 Å². The van der Waals surface area contributed by atoms with E-state index in [1.54, 1.807) is 30.3 Å². The molecule has 1 N–H and O–H groups in total. The van der Waals surface area contributed by atoms with Gasteiger partial charge in [0.25, 0.3) is 0 Å². The van der Waals surface area contributed by atoms with Gasteiger partial charge in [-0.3, -0.25) is 0 Å². The molecule has 0 fully saturated rings. The van der Waals surface area contributed by atoms with E-state index in [1.807, 2.05) is 0 Å². The summed E-state index contributed by atoms with van der Waals surface area (Å²) in [6.45, 7) is 0. The number of carboxylic acids is 1. The van der Waals surface area contributed by atoms with E-state index < -0.39 is 5.97 Å². The Labute approximate surface area is 142 Å². The fourth-order valence-electron chi connectivity index (χ4n) is 0.581. The van der Waals surface area contributed by atoms with Crippen LogP contribution in [-0.2, 0) is 0 Å². The summed E-state index contributed by atoms with van der Waals surface area (Å²) in [4.78, 5) is 10.2. The maximum Gasteiger partial charge on any atom is 1.00 e. The fraction of sp³-hybridized carbons (Fsp3) is 0. The van der Waals surface area contributed by atoms with Crippen molar-refractivity contribution in [1.82, 2.24) is 0 Å². The van der Waals surface area contributed by atoms with Gasteiger partial charge < -0.3 is 9.39 Å². The van der Waals surface area contributed by atoms with Gasteiger partial charge in [0.05, 0.1) is 5.56 Å². The van der Waals surface area contributed by atoms with Gasteiger partial charge in [0.1, 0.15) is 0 Å². The van der Waals surface area contributed by atoms with E-state index in [9.17, 15) is 4.79 Å². The number of carbonyl (C=O) groups is 1.